The summed E-state index contributed by atoms with van der Waals surface area (Å²) >= 11 is 0. The van der Waals surface area contributed by atoms with Crippen molar-refractivity contribution in [3.8, 4) is 0 Å². The Bertz CT molecular complexity index is 620. The molecule has 0 atom stereocenters. The van der Waals surface area contributed by atoms with Crippen molar-refractivity contribution in [1.82, 2.24) is 4.90 Å². The number of nitrogens with zero attached hydrogens (tertiary/aromatic N) is 2. The Labute approximate surface area is 122 Å². The predicted octanol–water partition coefficient (Wildman–Crippen LogP) is 0.383. The van der Waals surface area contributed by atoms with E-state index >= 15 is 0 Å². The quantitative estimate of drug-likeness (QED) is 0.738. The topological polar surface area (TPSA) is 66.9 Å². The summed E-state index contributed by atoms with van der Waals surface area (Å²) in [6, 6.07) is 5.24. The molecule has 0 bridgehead atoms. The number of rotatable bonds is 2. The van der Waals surface area contributed by atoms with Crippen LogP contribution in [0.2, 0.25) is 0 Å². The van der Waals surface area contributed by atoms with E-state index < -0.39 is 11.7 Å². The Hall–Kier alpha value is -2.21. The monoisotopic (exact) mass is 288 g/mol. The average Bonchev–Trinajstić information content (AvgIpc) is 2.73. The van der Waals surface area contributed by atoms with Gasteiger partial charge in [-0.05, 0) is 19.1 Å². The molecule has 0 unspecified atom stereocenters. The molecule has 0 N–H and O–H groups in total. The molecule has 2 aliphatic heterocycles. The summed E-state index contributed by atoms with van der Waals surface area (Å²) in [7, 11) is 0. The summed E-state index contributed by atoms with van der Waals surface area (Å²) in [5.41, 5.74) is 1.82. The molecule has 1 aromatic rings. The minimum absolute atomic E-state index is 0.0966. The first-order valence-electron chi connectivity index (χ1n) is 6.90. The van der Waals surface area contributed by atoms with Crippen molar-refractivity contribution in [2.45, 2.75) is 6.92 Å². The van der Waals surface area contributed by atoms with Crippen LogP contribution in [0.25, 0.3) is 0 Å². The molecule has 0 aliphatic carbocycles. The molecule has 0 spiro atoms. The maximum absolute atomic E-state index is 12.2. The Morgan fingerprint density at radius 3 is 2.67 bits per heavy atom. The maximum atomic E-state index is 12.2. The summed E-state index contributed by atoms with van der Waals surface area (Å²) in [6.07, 6.45) is 0. The molecule has 110 valence electrons. The number of hydrogen-bond acceptors (Lipinski definition) is 4. The zero-order chi connectivity index (χ0) is 15.0. The van der Waals surface area contributed by atoms with Gasteiger partial charge in [-0.2, -0.15) is 0 Å². The standard InChI is InChI=1S/C15H16N2O4/c1-10-2-3-12-11(8-10)14(19)15(20)17(12)9-13(18)16-4-6-21-7-5-16/h2-3,8H,4-7,9H2,1H3. The van der Waals surface area contributed by atoms with Gasteiger partial charge in [-0.15, -0.1) is 0 Å². The first-order chi connectivity index (χ1) is 10.1. The lowest BCUT2D eigenvalue weighted by Crippen LogP contribution is -2.46. The second-order valence-electron chi connectivity index (χ2n) is 5.23. The zero-order valence-electron chi connectivity index (χ0n) is 11.8. The highest BCUT2D eigenvalue weighted by Crippen LogP contribution is 2.29. The number of carbonyl (C=O) groups is 3. The molecule has 21 heavy (non-hydrogen) atoms. The zero-order valence-corrected chi connectivity index (χ0v) is 11.8. The van der Waals surface area contributed by atoms with Gasteiger partial charge in [0.05, 0.1) is 24.5 Å². The average molecular weight is 288 g/mol. The molecule has 1 aromatic carbocycles. The van der Waals surface area contributed by atoms with Gasteiger partial charge in [0.1, 0.15) is 6.54 Å². The molecule has 0 aromatic heterocycles. The Balaban J connectivity index is 1.81. The van der Waals surface area contributed by atoms with Gasteiger partial charge < -0.3 is 9.64 Å². The molecule has 3 rings (SSSR count). The lowest BCUT2D eigenvalue weighted by molar-refractivity contribution is -0.134. The lowest BCUT2D eigenvalue weighted by Gasteiger charge is -2.28. The van der Waals surface area contributed by atoms with E-state index in [0.717, 1.165) is 5.56 Å². The number of hydrogen-bond donors (Lipinski definition) is 0. The van der Waals surface area contributed by atoms with E-state index in [0.29, 0.717) is 37.6 Å². The molecule has 1 saturated heterocycles. The minimum Gasteiger partial charge on any atom is -0.378 e. The summed E-state index contributed by atoms with van der Waals surface area (Å²) in [5.74, 6) is -1.33. The van der Waals surface area contributed by atoms with Gasteiger partial charge in [-0.3, -0.25) is 19.3 Å². The number of ether oxygens (including phenoxy) is 1. The lowest BCUT2D eigenvalue weighted by atomic mass is 10.1. The van der Waals surface area contributed by atoms with Gasteiger partial charge in [-0.1, -0.05) is 11.6 Å². The number of amides is 2. The normalized spacial score (nSPS) is 18.1. The summed E-state index contributed by atoms with van der Waals surface area (Å²) < 4.78 is 5.20. The summed E-state index contributed by atoms with van der Waals surface area (Å²) in [5, 5.41) is 0. The van der Waals surface area contributed by atoms with Crippen LogP contribution in [0.5, 0.6) is 0 Å². The number of morpholine rings is 1. The van der Waals surface area contributed by atoms with Crippen LogP contribution in [-0.2, 0) is 14.3 Å². The fraction of sp³-hybridized carbons (Fsp3) is 0.400. The summed E-state index contributed by atoms with van der Waals surface area (Å²) in [6.45, 7) is 3.83. The second kappa shape index (κ2) is 5.29. The molecule has 2 amide bonds. The Morgan fingerprint density at radius 1 is 1.24 bits per heavy atom. The third-order valence-corrected chi connectivity index (χ3v) is 3.78. The van der Waals surface area contributed by atoms with Crippen LogP contribution < -0.4 is 4.90 Å². The van der Waals surface area contributed by atoms with E-state index in [1.165, 1.54) is 4.90 Å². The molecular formula is C15H16N2O4. The minimum atomic E-state index is -0.628. The molecule has 2 aliphatic rings. The fourth-order valence-corrected chi connectivity index (χ4v) is 2.62. The molecule has 1 fully saturated rings. The smallest absolute Gasteiger partial charge is 0.299 e. The van der Waals surface area contributed by atoms with Crippen LogP contribution in [0.3, 0.4) is 0 Å². The molecule has 6 nitrogen and oxygen atoms in total. The van der Waals surface area contributed by atoms with Crippen molar-refractivity contribution < 1.29 is 19.1 Å². The fourth-order valence-electron chi connectivity index (χ4n) is 2.62. The molecule has 6 heteroatoms. The highest BCUT2D eigenvalue weighted by Gasteiger charge is 2.37. The van der Waals surface area contributed by atoms with Crippen LogP contribution in [0.1, 0.15) is 15.9 Å². The van der Waals surface area contributed by atoms with Crippen molar-refractivity contribution in [2.75, 3.05) is 37.7 Å². The van der Waals surface area contributed by atoms with Gasteiger partial charge in [0, 0.05) is 13.1 Å². The molecular weight excluding hydrogens is 272 g/mol. The highest BCUT2D eigenvalue weighted by molar-refractivity contribution is 6.52. The number of fused-ring (bicyclic) bond motifs is 1. The molecule has 0 radical (unpaired) electrons. The van der Waals surface area contributed by atoms with E-state index in [4.69, 9.17) is 4.74 Å². The van der Waals surface area contributed by atoms with E-state index in [9.17, 15) is 14.4 Å². The highest BCUT2D eigenvalue weighted by atomic mass is 16.5. The van der Waals surface area contributed by atoms with Crippen LogP contribution in [0.4, 0.5) is 5.69 Å². The van der Waals surface area contributed by atoms with Crippen LogP contribution in [-0.4, -0.2) is 55.3 Å². The van der Waals surface area contributed by atoms with Gasteiger partial charge in [0.25, 0.3) is 11.7 Å². The maximum Gasteiger partial charge on any atom is 0.299 e. The van der Waals surface area contributed by atoms with Gasteiger partial charge in [0.2, 0.25) is 5.91 Å². The van der Waals surface area contributed by atoms with Crippen molar-refractivity contribution in [2.24, 2.45) is 0 Å². The van der Waals surface area contributed by atoms with Crippen molar-refractivity contribution in [3.63, 3.8) is 0 Å². The van der Waals surface area contributed by atoms with Gasteiger partial charge in [-0.25, -0.2) is 0 Å². The first-order valence-corrected chi connectivity index (χ1v) is 6.90. The van der Waals surface area contributed by atoms with Gasteiger partial charge >= 0.3 is 0 Å². The van der Waals surface area contributed by atoms with Crippen molar-refractivity contribution in [1.29, 1.82) is 0 Å². The molecule has 0 saturated carbocycles. The third kappa shape index (κ3) is 2.42. The molecule has 2 heterocycles. The van der Waals surface area contributed by atoms with E-state index in [1.807, 2.05) is 13.0 Å². The predicted molar refractivity (Wildman–Crippen MR) is 75.3 cm³/mol. The number of anilines is 1. The number of aryl methyl sites for hydroxylation is 1. The third-order valence-electron chi connectivity index (χ3n) is 3.78. The van der Waals surface area contributed by atoms with E-state index in [2.05, 4.69) is 0 Å². The van der Waals surface area contributed by atoms with E-state index in [-0.39, 0.29) is 12.5 Å². The van der Waals surface area contributed by atoms with Crippen molar-refractivity contribution in [3.05, 3.63) is 29.3 Å². The Kier molecular flexibility index (Phi) is 3.47. The number of ketones is 1. The number of carbonyl (C=O) groups excluding carboxylic acids is 3. The summed E-state index contributed by atoms with van der Waals surface area (Å²) in [4.78, 5) is 39.2. The number of benzene rings is 1. The van der Waals surface area contributed by atoms with E-state index in [1.54, 1.807) is 17.0 Å². The van der Waals surface area contributed by atoms with Crippen LogP contribution >= 0.6 is 0 Å². The second-order valence-corrected chi connectivity index (χ2v) is 5.23. The van der Waals surface area contributed by atoms with Crippen molar-refractivity contribution >= 4 is 23.3 Å². The first kappa shape index (κ1) is 13.8. The van der Waals surface area contributed by atoms with Crippen LogP contribution in [0.15, 0.2) is 18.2 Å². The SMILES string of the molecule is Cc1ccc2c(c1)C(=O)C(=O)N2CC(=O)N1CCOCC1. The van der Waals surface area contributed by atoms with Crippen LogP contribution in [0, 0.1) is 6.92 Å². The largest absolute Gasteiger partial charge is 0.378 e. The van der Waals surface area contributed by atoms with Gasteiger partial charge in [0.15, 0.2) is 0 Å². The Morgan fingerprint density at radius 2 is 1.95 bits per heavy atom. The number of Topliss-reactive ketones (excluding diaryl/α,β-unsaturated/α-hetero) is 1.